The molecule has 5 nitrogen and oxygen atoms in total. The SMILES string of the molecule is Cc1ccc(C)c(N2CCN(C(=O)[C@@H]3c4ccccc4C(=O)N4CCc5ccccc5[C@@H]34)CC2)c1. The van der Waals surface area contributed by atoms with Gasteiger partial charge in [0.2, 0.25) is 5.91 Å². The summed E-state index contributed by atoms with van der Waals surface area (Å²) >= 11 is 0. The summed E-state index contributed by atoms with van der Waals surface area (Å²) in [5, 5.41) is 0. The highest BCUT2D eigenvalue weighted by atomic mass is 16.2. The number of hydrogen-bond donors (Lipinski definition) is 0. The van der Waals surface area contributed by atoms with Crippen molar-refractivity contribution in [3.8, 4) is 0 Å². The highest BCUT2D eigenvalue weighted by Crippen LogP contribution is 2.46. The molecule has 0 spiro atoms. The minimum atomic E-state index is -0.377. The second-order valence-electron chi connectivity index (χ2n) is 10.1. The van der Waals surface area contributed by atoms with Gasteiger partial charge in [-0.15, -0.1) is 0 Å². The zero-order valence-electron chi connectivity index (χ0n) is 20.4. The van der Waals surface area contributed by atoms with E-state index in [1.54, 1.807) is 0 Å². The number of fused-ring (bicyclic) bond motifs is 4. The maximum absolute atomic E-state index is 14.2. The Morgan fingerprint density at radius 3 is 2.34 bits per heavy atom. The Bertz CT molecular complexity index is 1310. The Morgan fingerprint density at radius 2 is 1.54 bits per heavy atom. The first-order valence-electron chi connectivity index (χ1n) is 12.6. The summed E-state index contributed by atoms with van der Waals surface area (Å²) in [6.07, 6.45) is 0.829. The molecule has 178 valence electrons. The van der Waals surface area contributed by atoms with Crippen LogP contribution in [0.3, 0.4) is 0 Å². The number of aryl methyl sites for hydroxylation is 2. The molecule has 0 saturated carbocycles. The van der Waals surface area contributed by atoms with Crippen LogP contribution in [0, 0.1) is 13.8 Å². The van der Waals surface area contributed by atoms with E-state index in [0.717, 1.165) is 30.6 Å². The first-order chi connectivity index (χ1) is 17.0. The number of piperazine rings is 1. The fourth-order valence-corrected chi connectivity index (χ4v) is 6.17. The lowest BCUT2D eigenvalue weighted by Gasteiger charge is -2.47. The van der Waals surface area contributed by atoms with Crippen LogP contribution in [0.1, 0.15) is 50.1 Å². The van der Waals surface area contributed by atoms with E-state index in [9.17, 15) is 9.59 Å². The Morgan fingerprint density at radius 1 is 0.829 bits per heavy atom. The molecule has 3 aliphatic rings. The number of hydrogen-bond acceptors (Lipinski definition) is 3. The Labute approximate surface area is 207 Å². The number of benzene rings is 3. The molecule has 3 aromatic carbocycles. The van der Waals surface area contributed by atoms with Crippen LogP contribution < -0.4 is 4.90 Å². The van der Waals surface area contributed by atoms with Crippen molar-refractivity contribution < 1.29 is 9.59 Å². The zero-order chi connectivity index (χ0) is 24.1. The van der Waals surface area contributed by atoms with E-state index < -0.39 is 0 Å². The molecule has 0 radical (unpaired) electrons. The average molecular weight is 466 g/mol. The molecule has 6 rings (SSSR count). The highest BCUT2D eigenvalue weighted by Gasteiger charge is 2.47. The first-order valence-corrected chi connectivity index (χ1v) is 12.6. The molecule has 3 aromatic rings. The van der Waals surface area contributed by atoms with Gasteiger partial charge < -0.3 is 14.7 Å². The largest absolute Gasteiger partial charge is 0.368 e. The summed E-state index contributed by atoms with van der Waals surface area (Å²) < 4.78 is 0. The van der Waals surface area contributed by atoms with E-state index in [1.165, 1.54) is 22.4 Å². The van der Waals surface area contributed by atoms with Gasteiger partial charge in [0, 0.05) is 44.0 Å². The van der Waals surface area contributed by atoms with Gasteiger partial charge in [-0.2, -0.15) is 0 Å². The summed E-state index contributed by atoms with van der Waals surface area (Å²) in [7, 11) is 0. The second-order valence-corrected chi connectivity index (χ2v) is 10.1. The average Bonchev–Trinajstić information content (AvgIpc) is 2.90. The summed E-state index contributed by atoms with van der Waals surface area (Å²) in [4.78, 5) is 34.0. The molecule has 2 atom stereocenters. The highest BCUT2D eigenvalue weighted by molar-refractivity contribution is 6.01. The van der Waals surface area contributed by atoms with Gasteiger partial charge in [-0.3, -0.25) is 9.59 Å². The van der Waals surface area contributed by atoms with E-state index in [4.69, 9.17) is 0 Å². The number of nitrogens with zero attached hydrogens (tertiary/aromatic N) is 3. The number of rotatable bonds is 2. The summed E-state index contributed by atoms with van der Waals surface area (Å²) in [6, 6.07) is 22.4. The molecule has 1 fully saturated rings. The second kappa shape index (κ2) is 8.56. The van der Waals surface area contributed by atoms with E-state index >= 15 is 0 Å². The topological polar surface area (TPSA) is 43.9 Å². The third kappa shape index (κ3) is 3.61. The Balaban J connectivity index is 1.33. The zero-order valence-corrected chi connectivity index (χ0v) is 20.4. The van der Waals surface area contributed by atoms with Crippen molar-refractivity contribution in [3.63, 3.8) is 0 Å². The van der Waals surface area contributed by atoms with Crippen LogP contribution >= 0.6 is 0 Å². The molecule has 0 aliphatic carbocycles. The molecule has 0 N–H and O–H groups in total. The molecule has 0 bridgehead atoms. The maximum atomic E-state index is 14.2. The van der Waals surface area contributed by atoms with Crippen LogP contribution in [0.2, 0.25) is 0 Å². The van der Waals surface area contributed by atoms with E-state index in [0.29, 0.717) is 25.2 Å². The lowest BCUT2D eigenvalue weighted by molar-refractivity contribution is -0.135. The lowest BCUT2D eigenvalue weighted by Crippen LogP contribution is -2.54. The van der Waals surface area contributed by atoms with Crippen molar-refractivity contribution in [1.82, 2.24) is 9.80 Å². The quantitative estimate of drug-likeness (QED) is 0.560. The molecular weight excluding hydrogens is 434 g/mol. The lowest BCUT2D eigenvalue weighted by atomic mass is 9.75. The molecule has 35 heavy (non-hydrogen) atoms. The minimum absolute atomic E-state index is 0.0453. The number of anilines is 1. The van der Waals surface area contributed by atoms with Gasteiger partial charge in [0.1, 0.15) is 0 Å². The first kappa shape index (κ1) is 21.9. The van der Waals surface area contributed by atoms with Crippen molar-refractivity contribution in [2.75, 3.05) is 37.6 Å². The molecule has 1 saturated heterocycles. The van der Waals surface area contributed by atoms with E-state index in [-0.39, 0.29) is 23.8 Å². The Hall–Kier alpha value is -3.60. The number of amides is 2. The van der Waals surface area contributed by atoms with Crippen LogP contribution in [-0.2, 0) is 11.2 Å². The third-order valence-corrected chi connectivity index (χ3v) is 8.00. The van der Waals surface area contributed by atoms with Gasteiger partial charge in [-0.05, 0) is 60.2 Å². The number of carbonyl (C=O) groups is 2. The summed E-state index contributed by atoms with van der Waals surface area (Å²) in [6.45, 7) is 7.93. The summed E-state index contributed by atoms with van der Waals surface area (Å²) in [5.41, 5.74) is 7.70. The van der Waals surface area contributed by atoms with Gasteiger partial charge >= 0.3 is 0 Å². The normalized spacial score (nSPS) is 21.3. The minimum Gasteiger partial charge on any atom is -0.368 e. The molecule has 3 heterocycles. The van der Waals surface area contributed by atoms with Gasteiger partial charge in [-0.1, -0.05) is 54.6 Å². The van der Waals surface area contributed by atoms with Crippen molar-refractivity contribution in [1.29, 1.82) is 0 Å². The van der Waals surface area contributed by atoms with Crippen molar-refractivity contribution in [2.24, 2.45) is 0 Å². The monoisotopic (exact) mass is 465 g/mol. The Kier molecular flexibility index (Phi) is 5.36. The molecule has 0 aromatic heterocycles. The van der Waals surface area contributed by atoms with Gasteiger partial charge in [-0.25, -0.2) is 0 Å². The van der Waals surface area contributed by atoms with Gasteiger partial charge in [0.25, 0.3) is 5.91 Å². The maximum Gasteiger partial charge on any atom is 0.254 e. The fraction of sp³-hybridized carbons (Fsp3) is 0.333. The summed E-state index contributed by atoms with van der Waals surface area (Å²) in [5.74, 6) is -0.196. The standard InChI is InChI=1S/C30H31N3O2/c1-20-11-12-21(2)26(19-20)31-15-17-32(18-16-31)30(35)27-24-9-5-6-10-25(24)29(34)33-14-13-22-7-3-4-8-23(22)28(27)33/h3-12,19,27-28H,13-18H2,1-2H3/t27-,28+/m1/s1. The van der Waals surface area contributed by atoms with E-state index in [2.05, 4.69) is 55.1 Å². The van der Waals surface area contributed by atoms with Crippen molar-refractivity contribution >= 4 is 17.5 Å². The van der Waals surface area contributed by atoms with Crippen LogP contribution in [0.15, 0.2) is 66.7 Å². The predicted molar refractivity (Wildman–Crippen MR) is 138 cm³/mol. The van der Waals surface area contributed by atoms with Gasteiger partial charge in [0.05, 0.1) is 12.0 Å². The third-order valence-electron chi connectivity index (χ3n) is 8.00. The number of carbonyl (C=O) groups excluding carboxylic acids is 2. The van der Waals surface area contributed by atoms with Gasteiger partial charge in [0.15, 0.2) is 0 Å². The fourth-order valence-electron chi connectivity index (χ4n) is 6.17. The van der Waals surface area contributed by atoms with Crippen LogP contribution in [0.5, 0.6) is 0 Å². The van der Waals surface area contributed by atoms with Crippen LogP contribution in [0.4, 0.5) is 5.69 Å². The predicted octanol–water partition coefficient (Wildman–Crippen LogP) is 4.49. The van der Waals surface area contributed by atoms with Crippen LogP contribution in [0.25, 0.3) is 0 Å². The molecule has 3 aliphatic heterocycles. The van der Waals surface area contributed by atoms with Crippen LogP contribution in [-0.4, -0.2) is 54.3 Å². The molecule has 5 heteroatoms. The van der Waals surface area contributed by atoms with Crippen molar-refractivity contribution in [2.45, 2.75) is 32.2 Å². The van der Waals surface area contributed by atoms with Crippen molar-refractivity contribution in [3.05, 3.63) is 100 Å². The van der Waals surface area contributed by atoms with E-state index in [1.807, 2.05) is 40.1 Å². The smallest absolute Gasteiger partial charge is 0.254 e. The molecule has 0 unspecified atom stereocenters. The molecule has 2 amide bonds. The molecular formula is C30H31N3O2.